The van der Waals surface area contributed by atoms with Gasteiger partial charge in [0, 0.05) is 44.7 Å². The molecule has 2 aromatic rings. The van der Waals surface area contributed by atoms with Crippen molar-refractivity contribution in [2.75, 3.05) is 24.5 Å². The van der Waals surface area contributed by atoms with Crippen molar-refractivity contribution in [2.24, 2.45) is 0 Å². The summed E-state index contributed by atoms with van der Waals surface area (Å²) in [6, 6.07) is 5.82. The van der Waals surface area contributed by atoms with E-state index in [0.29, 0.717) is 24.0 Å². The average Bonchev–Trinajstić information content (AvgIpc) is 3.41. The first-order valence-electron chi connectivity index (χ1n) is 10.9. The van der Waals surface area contributed by atoms with E-state index >= 15 is 0 Å². The van der Waals surface area contributed by atoms with Crippen LogP contribution in [0.1, 0.15) is 39.2 Å². The number of benzene rings is 1. The van der Waals surface area contributed by atoms with E-state index in [1.54, 1.807) is 0 Å². The van der Waals surface area contributed by atoms with Crippen LogP contribution in [0, 0.1) is 0 Å². The van der Waals surface area contributed by atoms with Crippen LogP contribution in [-0.4, -0.2) is 70.3 Å². The van der Waals surface area contributed by atoms with Crippen LogP contribution < -0.4 is 10.2 Å². The van der Waals surface area contributed by atoms with Crippen molar-refractivity contribution in [3.63, 3.8) is 0 Å². The minimum absolute atomic E-state index is 0.166. The number of imide groups is 1. The van der Waals surface area contributed by atoms with Gasteiger partial charge in [0.2, 0.25) is 5.91 Å². The van der Waals surface area contributed by atoms with Gasteiger partial charge in [0.25, 0.3) is 0 Å². The lowest BCUT2D eigenvalue weighted by molar-refractivity contribution is -0.120. The van der Waals surface area contributed by atoms with Crippen molar-refractivity contribution in [3.8, 4) is 0 Å². The van der Waals surface area contributed by atoms with Crippen LogP contribution in [0.25, 0.3) is 11.0 Å². The summed E-state index contributed by atoms with van der Waals surface area (Å²) in [5, 5.41) is 7.13. The van der Waals surface area contributed by atoms with Crippen molar-refractivity contribution < 1.29 is 23.6 Å². The van der Waals surface area contributed by atoms with Crippen LogP contribution in [0.4, 0.5) is 15.4 Å². The molecule has 32 heavy (non-hydrogen) atoms. The molecule has 0 aliphatic carbocycles. The Hall–Kier alpha value is -3.14. The molecule has 10 heteroatoms. The van der Waals surface area contributed by atoms with Crippen molar-refractivity contribution in [2.45, 2.75) is 57.8 Å². The number of amides is 4. The number of nitrogens with zero attached hydrogens (tertiary/aromatic N) is 4. The van der Waals surface area contributed by atoms with Gasteiger partial charge < -0.3 is 14.2 Å². The van der Waals surface area contributed by atoms with E-state index < -0.39 is 11.6 Å². The third-order valence-corrected chi connectivity index (χ3v) is 6.19. The lowest BCUT2D eigenvalue weighted by Gasteiger charge is -2.35. The van der Waals surface area contributed by atoms with E-state index in [2.05, 4.69) is 15.4 Å². The molecule has 10 nitrogen and oxygen atoms in total. The zero-order valence-electron chi connectivity index (χ0n) is 18.5. The second-order valence-corrected chi connectivity index (χ2v) is 9.70. The fraction of sp³-hybridized carbons (Fsp3) is 0.545. The Bertz CT molecular complexity index is 1090. The number of rotatable bonds is 3. The van der Waals surface area contributed by atoms with Crippen LogP contribution in [-0.2, 0) is 16.1 Å². The zero-order chi connectivity index (χ0) is 22.6. The summed E-state index contributed by atoms with van der Waals surface area (Å²) >= 11 is 0. The van der Waals surface area contributed by atoms with Gasteiger partial charge in [0.15, 0.2) is 11.4 Å². The fourth-order valence-corrected chi connectivity index (χ4v) is 4.75. The molecule has 170 valence electrons. The predicted octanol–water partition coefficient (Wildman–Crippen LogP) is 2.47. The number of piperazine rings is 1. The number of nitrogens with one attached hydrogen (secondary N) is 1. The SMILES string of the molecule is CC(C)(C)OC(=O)N1C[C@H]2C[C@@H]1CN2Cc1ccc2onc(N3CCC(=O)NC3=O)c2c1. The van der Waals surface area contributed by atoms with E-state index in [0.717, 1.165) is 30.5 Å². The molecule has 0 spiro atoms. The van der Waals surface area contributed by atoms with Gasteiger partial charge in [-0.1, -0.05) is 11.2 Å². The third kappa shape index (κ3) is 3.79. The van der Waals surface area contributed by atoms with Crippen molar-refractivity contribution in [1.82, 2.24) is 20.3 Å². The second kappa shape index (κ2) is 7.47. The first kappa shape index (κ1) is 20.7. The average molecular weight is 441 g/mol. The molecule has 1 N–H and O–H groups in total. The number of ether oxygens (including phenoxy) is 1. The Balaban J connectivity index is 1.29. The molecule has 1 aromatic heterocycles. The van der Waals surface area contributed by atoms with Crippen LogP contribution in [0.2, 0.25) is 0 Å². The molecule has 4 heterocycles. The summed E-state index contributed by atoms with van der Waals surface area (Å²) in [5.74, 6) is 0.134. The lowest BCUT2D eigenvalue weighted by Crippen LogP contribution is -2.49. The Morgan fingerprint density at radius 2 is 2.06 bits per heavy atom. The number of anilines is 1. The van der Waals surface area contributed by atoms with Gasteiger partial charge in [-0.05, 0) is 44.9 Å². The maximum Gasteiger partial charge on any atom is 0.410 e. The van der Waals surface area contributed by atoms with Crippen LogP contribution in [0.3, 0.4) is 0 Å². The van der Waals surface area contributed by atoms with Gasteiger partial charge in [-0.15, -0.1) is 0 Å². The normalized spacial score (nSPS) is 23.8. The molecule has 3 aliphatic rings. The van der Waals surface area contributed by atoms with E-state index in [4.69, 9.17) is 9.26 Å². The molecular formula is C22H27N5O5. The van der Waals surface area contributed by atoms with Crippen molar-refractivity contribution in [1.29, 1.82) is 0 Å². The number of hydrogen-bond acceptors (Lipinski definition) is 7. The molecule has 0 radical (unpaired) electrons. The highest BCUT2D eigenvalue weighted by Crippen LogP contribution is 2.34. The van der Waals surface area contributed by atoms with Crippen molar-refractivity contribution >= 4 is 34.8 Å². The number of carbonyl (C=O) groups excluding carboxylic acids is 3. The molecule has 3 fully saturated rings. The summed E-state index contributed by atoms with van der Waals surface area (Å²) in [7, 11) is 0. The Labute approximate surface area is 185 Å². The number of urea groups is 1. The molecule has 3 aliphatic heterocycles. The minimum atomic E-state index is -0.497. The van der Waals surface area contributed by atoms with Gasteiger partial charge in [-0.2, -0.15) is 0 Å². The predicted molar refractivity (Wildman–Crippen MR) is 115 cm³/mol. The fourth-order valence-electron chi connectivity index (χ4n) is 4.75. The maximum atomic E-state index is 12.5. The first-order chi connectivity index (χ1) is 15.2. The Morgan fingerprint density at radius 3 is 2.75 bits per heavy atom. The summed E-state index contributed by atoms with van der Waals surface area (Å²) < 4.78 is 10.9. The van der Waals surface area contributed by atoms with Gasteiger partial charge in [-0.25, -0.2) is 9.59 Å². The molecular weight excluding hydrogens is 414 g/mol. The van der Waals surface area contributed by atoms with Crippen molar-refractivity contribution in [3.05, 3.63) is 23.8 Å². The van der Waals surface area contributed by atoms with Gasteiger partial charge >= 0.3 is 12.1 Å². The molecule has 1 aromatic carbocycles. The molecule has 5 rings (SSSR count). The molecule has 0 saturated carbocycles. The number of likely N-dealkylation sites (tertiary alicyclic amines) is 2. The number of carbonyl (C=O) groups is 3. The van der Waals surface area contributed by atoms with Gasteiger partial charge in [-0.3, -0.25) is 19.9 Å². The molecule has 0 unspecified atom stereocenters. The highest BCUT2D eigenvalue weighted by molar-refractivity contribution is 6.08. The standard InChI is InChI=1S/C22H27N5O5/c1-22(2,3)31-21(30)27-12-14-9-15(27)11-25(14)10-13-4-5-17-16(8-13)19(24-32-17)26-7-6-18(28)23-20(26)29/h4-5,8,14-15H,6-7,9-12H2,1-3H3,(H,23,28,29)/t14-,15-/m1/s1. The third-order valence-electron chi connectivity index (χ3n) is 6.19. The topological polar surface area (TPSA) is 108 Å². The van der Waals surface area contributed by atoms with Crippen LogP contribution >= 0.6 is 0 Å². The number of aromatic nitrogens is 1. The Morgan fingerprint density at radius 1 is 1.25 bits per heavy atom. The quantitative estimate of drug-likeness (QED) is 0.779. The van der Waals surface area contributed by atoms with E-state index in [-0.39, 0.29) is 31.0 Å². The maximum absolute atomic E-state index is 12.5. The molecule has 3 saturated heterocycles. The summed E-state index contributed by atoms with van der Waals surface area (Å²) in [6.45, 7) is 8.11. The number of hydrogen-bond donors (Lipinski definition) is 1. The van der Waals surface area contributed by atoms with E-state index in [9.17, 15) is 14.4 Å². The van der Waals surface area contributed by atoms with E-state index in [1.165, 1.54) is 4.90 Å². The highest BCUT2D eigenvalue weighted by Gasteiger charge is 2.46. The van der Waals surface area contributed by atoms with Crippen LogP contribution in [0.5, 0.6) is 0 Å². The molecule has 4 amide bonds. The highest BCUT2D eigenvalue weighted by atomic mass is 16.6. The van der Waals surface area contributed by atoms with Crippen LogP contribution in [0.15, 0.2) is 22.7 Å². The minimum Gasteiger partial charge on any atom is -0.444 e. The first-order valence-corrected chi connectivity index (χ1v) is 10.9. The van der Waals surface area contributed by atoms with Gasteiger partial charge in [0.05, 0.1) is 5.39 Å². The zero-order valence-corrected chi connectivity index (χ0v) is 18.5. The lowest BCUT2D eigenvalue weighted by atomic mass is 10.1. The Kier molecular flexibility index (Phi) is 4.85. The molecule has 2 atom stereocenters. The second-order valence-electron chi connectivity index (χ2n) is 9.70. The molecule has 2 bridgehead atoms. The largest absolute Gasteiger partial charge is 0.444 e. The van der Waals surface area contributed by atoms with Gasteiger partial charge in [0.1, 0.15) is 5.60 Å². The monoisotopic (exact) mass is 441 g/mol. The summed E-state index contributed by atoms with van der Waals surface area (Å²) in [4.78, 5) is 41.8. The van der Waals surface area contributed by atoms with E-state index in [1.807, 2.05) is 43.9 Å². The smallest absolute Gasteiger partial charge is 0.410 e. The summed E-state index contributed by atoms with van der Waals surface area (Å²) in [6.07, 6.45) is 0.936. The summed E-state index contributed by atoms with van der Waals surface area (Å²) in [5.41, 5.74) is 1.17. The number of fused-ring (bicyclic) bond motifs is 3.